The average molecular weight is 385 g/mol. The topological polar surface area (TPSA) is 68.5 Å². The molecule has 0 radical (unpaired) electrons. The Morgan fingerprint density at radius 1 is 0.828 bits per heavy atom. The van der Waals surface area contributed by atoms with Crippen molar-refractivity contribution in [3.63, 3.8) is 0 Å². The Bertz CT molecular complexity index is 1080. The van der Waals surface area contributed by atoms with Crippen molar-refractivity contribution in [2.45, 2.75) is 0 Å². The van der Waals surface area contributed by atoms with Crippen LogP contribution in [0.2, 0.25) is 0 Å². The predicted molar refractivity (Wildman–Crippen MR) is 111 cm³/mol. The van der Waals surface area contributed by atoms with Gasteiger partial charge in [-0.15, -0.1) is 10.2 Å². The smallest absolute Gasteiger partial charge is 0.264 e. The molecule has 0 N–H and O–H groups in total. The number of nitrogens with zero attached hydrogens (tertiary/aromatic N) is 3. The highest BCUT2D eigenvalue weighted by Crippen LogP contribution is 2.25. The van der Waals surface area contributed by atoms with E-state index in [4.69, 9.17) is 9.15 Å². The van der Waals surface area contributed by atoms with Gasteiger partial charge in [-0.3, -0.25) is 4.79 Å². The van der Waals surface area contributed by atoms with Crippen LogP contribution >= 0.6 is 0 Å². The van der Waals surface area contributed by atoms with Crippen LogP contribution in [0.5, 0.6) is 5.75 Å². The maximum absolute atomic E-state index is 12.3. The molecule has 0 aliphatic rings. The number of anilines is 1. The standard InChI is InChI=1S/C23H19N3O3/c1-26(19-10-6-3-7-11-19)21(27)16-28-20-14-12-18(13-15-20)23-25-24-22(29-23)17-8-4-2-5-9-17/h2-15H,16H2,1H3. The Morgan fingerprint density at radius 2 is 1.38 bits per heavy atom. The van der Waals surface area contributed by atoms with Crippen molar-refractivity contribution in [1.82, 2.24) is 10.2 Å². The molecule has 3 aromatic carbocycles. The largest absolute Gasteiger partial charge is 0.484 e. The van der Waals surface area contributed by atoms with Gasteiger partial charge >= 0.3 is 0 Å². The van der Waals surface area contributed by atoms with E-state index in [1.165, 1.54) is 0 Å². The maximum Gasteiger partial charge on any atom is 0.264 e. The van der Waals surface area contributed by atoms with Crippen LogP contribution in [0.4, 0.5) is 5.69 Å². The minimum Gasteiger partial charge on any atom is -0.484 e. The van der Waals surface area contributed by atoms with E-state index in [1.807, 2.05) is 72.8 Å². The van der Waals surface area contributed by atoms with Gasteiger partial charge in [0.1, 0.15) is 5.75 Å². The number of likely N-dealkylation sites (N-methyl/N-ethyl adjacent to an activating group) is 1. The number of aromatic nitrogens is 2. The minimum atomic E-state index is -0.135. The maximum atomic E-state index is 12.3. The molecule has 1 heterocycles. The van der Waals surface area contributed by atoms with Crippen LogP contribution in [-0.4, -0.2) is 29.8 Å². The number of hydrogen-bond donors (Lipinski definition) is 0. The molecule has 0 spiro atoms. The molecule has 4 aromatic rings. The van der Waals surface area contributed by atoms with E-state index in [9.17, 15) is 4.79 Å². The molecule has 0 unspecified atom stereocenters. The number of ether oxygens (including phenoxy) is 1. The Morgan fingerprint density at radius 3 is 2.00 bits per heavy atom. The summed E-state index contributed by atoms with van der Waals surface area (Å²) in [6.07, 6.45) is 0. The number of amides is 1. The van der Waals surface area contributed by atoms with Gasteiger partial charge in [0, 0.05) is 23.9 Å². The SMILES string of the molecule is CN(C(=O)COc1ccc(-c2nnc(-c3ccccc3)o2)cc1)c1ccccc1. The average Bonchev–Trinajstić information content (AvgIpc) is 3.29. The first-order valence-electron chi connectivity index (χ1n) is 9.14. The molecule has 0 aliphatic heterocycles. The van der Waals surface area contributed by atoms with Crippen molar-refractivity contribution in [2.75, 3.05) is 18.6 Å². The van der Waals surface area contributed by atoms with Gasteiger partial charge < -0.3 is 14.1 Å². The molecular weight excluding hydrogens is 366 g/mol. The van der Waals surface area contributed by atoms with E-state index < -0.39 is 0 Å². The summed E-state index contributed by atoms with van der Waals surface area (Å²) in [7, 11) is 1.73. The molecule has 29 heavy (non-hydrogen) atoms. The van der Waals surface area contributed by atoms with Gasteiger partial charge in [-0.2, -0.15) is 0 Å². The van der Waals surface area contributed by atoms with Crippen LogP contribution in [0.15, 0.2) is 89.3 Å². The van der Waals surface area contributed by atoms with Crippen molar-refractivity contribution >= 4 is 11.6 Å². The third kappa shape index (κ3) is 4.32. The van der Waals surface area contributed by atoms with Gasteiger partial charge in [0.2, 0.25) is 11.8 Å². The first kappa shape index (κ1) is 18.4. The zero-order valence-corrected chi connectivity index (χ0v) is 15.9. The lowest BCUT2D eigenvalue weighted by atomic mass is 10.2. The first-order valence-corrected chi connectivity index (χ1v) is 9.14. The van der Waals surface area contributed by atoms with E-state index >= 15 is 0 Å². The van der Waals surface area contributed by atoms with Crippen LogP contribution in [-0.2, 0) is 4.79 Å². The number of carbonyl (C=O) groups excluding carboxylic acids is 1. The van der Waals surface area contributed by atoms with Gasteiger partial charge in [-0.1, -0.05) is 36.4 Å². The summed E-state index contributed by atoms with van der Waals surface area (Å²) < 4.78 is 11.4. The van der Waals surface area contributed by atoms with Crippen molar-refractivity contribution in [1.29, 1.82) is 0 Å². The molecule has 144 valence electrons. The van der Waals surface area contributed by atoms with Crippen LogP contribution in [0.25, 0.3) is 22.9 Å². The van der Waals surface area contributed by atoms with Crippen LogP contribution in [0.1, 0.15) is 0 Å². The summed E-state index contributed by atoms with van der Waals surface area (Å²) in [5, 5.41) is 8.20. The highest BCUT2D eigenvalue weighted by atomic mass is 16.5. The van der Waals surface area contributed by atoms with Gasteiger partial charge in [-0.25, -0.2) is 0 Å². The Labute approximate surface area is 168 Å². The molecule has 1 amide bonds. The van der Waals surface area contributed by atoms with Crippen LogP contribution < -0.4 is 9.64 Å². The van der Waals surface area contributed by atoms with Crippen molar-refractivity contribution < 1.29 is 13.9 Å². The molecule has 0 aliphatic carbocycles. The van der Waals surface area contributed by atoms with Gasteiger partial charge in [0.05, 0.1) is 0 Å². The summed E-state index contributed by atoms with van der Waals surface area (Å²) in [6, 6.07) is 26.2. The van der Waals surface area contributed by atoms with E-state index in [2.05, 4.69) is 10.2 Å². The molecule has 6 nitrogen and oxygen atoms in total. The van der Waals surface area contributed by atoms with Crippen LogP contribution in [0, 0.1) is 0 Å². The molecule has 0 atom stereocenters. The number of carbonyl (C=O) groups is 1. The highest BCUT2D eigenvalue weighted by molar-refractivity contribution is 5.93. The van der Waals surface area contributed by atoms with E-state index in [-0.39, 0.29) is 12.5 Å². The third-order valence-corrected chi connectivity index (χ3v) is 4.43. The van der Waals surface area contributed by atoms with E-state index in [0.717, 1.165) is 16.8 Å². The second-order valence-corrected chi connectivity index (χ2v) is 6.38. The zero-order valence-electron chi connectivity index (χ0n) is 15.9. The Hall–Kier alpha value is -3.93. The van der Waals surface area contributed by atoms with Crippen LogP contribution in [0.3, 0.4) is 0 Å². The fourth-order valence-electron chi connectivity index (χ4n) is 2.77. The second-order valence-electron chi connectivity index (χ2n) is 6.38. The van der Waals surface area contributed by atoms with Gasteiger partial charge in [-0.05, 0) is 48.5 Å². The minimum absolute atomic E-state index is 0.0521. The molecule has 4 rings (SSSR count). The number of para-hydroxylation sites is 1. The number of benzene rings is 3. The lowest BCUT2D eigenvalue weighted by molar-refractivity contribution is -0.120. The zero-order chi connectivity index (χ0) is 20.1. The molecular formula is C23H19N3O3. The second kappa shape index (κ2) is 8.39. The third-order valence-electron chi connectivity index (χ3n) is 4.43. The fraction of sp³-hybridized carbons (Fsp3) is 0.0870. The Balaban J connectivity index is 1.38. The summed E-state index contributed by atoms with van der Waals surface area (Å²) in [5.74, 6) is 1.35. The molecule has 6 heteroatoms. The molecule has 0 saturated carbocycles. The summed E-state index contributed by atoms with van der Waals surface area (Å²) in [4.78, 5) is 13.9. The van der Waals surface area contributed by atoms with Gasteiger partial charge in [0.25, 0.3) is 5.91 Å². The number of hydrogen-bond acceptors (Lipinski definition) is 5. The number of rotatable bonds is 6. The molecule has 0 bridgehead atoms. The predicted octanol–water partition coefficient (Wildman–Crippen LogP) is 4.45. The van der Waals surface area contributed by atoms with Gasteiger partial charge in [0.15, 0.2) is 6.61 Å². The summed E-state index contributed by atoms with van der Waals surface area (Å²) >= 11 is 0. The summed E-state index contributed by atoms with van der Waals surface area (Å²) in [5.41, 5.74) is 2.47. The lowest BCUT2D eigenvalue weighted by Crippen LogP contribution is -2.31. The Kier molecular flexibility index (Phi) is 5.33. The quantitative estimate of drug-likeness (QED) is 0.491. The lowest BCUT2D eigenvalue weighted by Gasteiger charge is -2.17. The van der Waals surface area contributed by atoms with E-state index in [1.54, 1.807) is 24.1 Å². The fourth-order valence-corrected chi connectivity index (χ4v) is 2.77. The monoisotopic (exact) mass is 385 g/mol. The van der Waals surface area contributed by atoms with Crippen molar-refractivity contribution in [2.24, 2.45) is 0 Å². The molecule has 0 fully saturated rings. The van der Waals surface area contributed by atoms with Crippen molar-refractivity contribution in [3.05, 3.63) is 84.9 Å². The molecule has 1 aromatic heterocycles. The molecule has 0 saturated heterocycles. The summed E-state index contributed by atoms with van der Waals surface area (Å²) in [6.45, 7) is -0.0521. The first-order chi connectivity index (χ1) is 14.2. The van der Waals surface area contributed by atoms with Crippen molar-refractivity contribution in [3.8, 4) is 28.7 Å². The van der Waals surface area contributed by atoms with E-state index in [0.29, 0.717) is 17.5 Å². The highest BCUT2D eigenvalue weighted by Gasteiger charge is 2.13. The normalized spacial score (nSPS) is 10.5.